The van der Waals surface area contributed by atoms with Gasteiger partial charge in [-0.25, -0.2) is 8.78 Å². The standard InChI is InChI=1S/C20H21F2N5O2/c1-11-4-6-14-17(8-11)26-27-18(14)24-20(23-12(2)10-29-3)25-19(28)13-5-7-15(21)16(22)9-13/h4-9,12H,10H2,1-3H3,(H3,23,24,25,26,27,28)/t12-/m0/s1. The summed E-state index contributed by atoms with van der Waals surface area (Å²) in [5.74, 6) is -2.31. The third-order valence-corrected chi connectivity index (χ3v) is 4.13. The van der Waals surface area contributed by atoms with Gasteiger partial charge in [0.2, 0.25) is 5.96 Å². The number of guanidine groups is 1. The smallest absolute Gasteiger partial charge is 0.280 e. The number of ether oxygens (including phenoxy) is 1. The van der Waals surface area contributed by atoms with Crippen LogP contribution in [0.3, 0.4) is 0 Å². The van der Waals surface area contributed by atoms with Gasteiger partial charge in [-0.3, -0.25) is 9.89 Å². The van der Waals surface area contributed by atoms with Crippen LogP contribution in [0.4, 0.5) is 14.6 Å². The Kier molecular flexibility index (Phi) is 6.18. The first-order valence-electron chi connectivity index (χ1n) is 8.92. The number of halogens is 2. The van der Waals surface area contributed by atoms with E-state index in [1.807, 2.05) is 32.0 Å². The van der Waals surface area contributed by atoms with Crippen molar-refractivity contribution in [3.8, 4) is 0 Å². The highest BCUT2D eigenvalue weighted by Crippen LogP contribution is 2.21. The molecule has 29 heavy (non-hydrogen) atoms. The van der Waals surface area contributed by atoms with Crippen LogP contribution in [0.25, 0.3) is 10.9 Å². The molecular formula is C20H21F2N5O2. The molecule has 9 heteroatoms. The summed E-state index contributed by atoms with van der Waals surface area (Å²) in [7, 11) is 1.55. The number of anilines is 1. The zero-order chi connectivity index (χ0) is 21.0. The number of nitrogens with zero attached hydrogens (tertiary/aromatic N) is 2. The third-order valence-electron chi connectivity index (χ3n) is 4.13. The summed E-state index contributed by atoms with van der Waals surface area (Å²) in [4.78, 5) is 16.5. The van der Waals surface area contributed by atoms with Crippen molar-refractivity contribution in [2.45, 2.75) is 19.9 Å². The Morgan fingerprint density at radius 3 is 2.76 bits per heavy atom. The van der Waals surface area contributed by atoms with Gasteiger partial charge >= 0.3 is 0 Å². The minimum Gasteiger partial charge on any atom is -0.383 e. The number of benzene rings is 2. The highest BCUT2D eigenvalue weighted by Gasteiger charge is 2.15. The molecule has 1 atom stereocenters. The molecule has 0 bridgehead atoms. The fourth-order valence-electron chi connectivity index (χ4n) is 2.76. The molecule has 0 radical (unpaired) electrons. The maximum Gasteiger partial charge on any atom is 0.280 e. The molecule has 0 aliphatic carbocycles. The van der Waals surface area contributed by atoms with Crippen molar-refractivity contribution in [3.05, 3.63) is 59.2 Å². The maximum atomic E-state index is 13.5. The number of amides is 1. The Morgan fingerprint density at radius 2 is 2.03 bits per heavy atom. The number of carbonyl (C=O) groups excluding carboxylic acids is 1. The summed E-state index contributed by atoms with van der Waals surface area (Å²) < 4.78 is 31.7. The van der Waals surface area contributed by atoms with E-state index in [1.165, 1.54) is 6.07 Å². The first-order chi connectivity index (χ1) is 13.9. The lowest BCUT2D eigenvalue weighted by Gasteiger charge is -2.16. The van der Waals surface area contributed by atoms with E-state index in [4.69, 9.17) is 4.74 Å². The summed E-state index contributed by atoms with van der Waals surface area (Å²) >= 11 is 0. The number of nitrogens with one attached hydrogen (secondary N) is 3. The number of aryl methyl sites for hydroxylation is 1. The average molecular weight is 401 g/mol. The molecule has 0 aliphatic heterocycles. The van der Waals surface area contributed by atoms with Gasteiger partial charge in [0, 0.05) is 24.1 Å². The number of H-pyrrole nitrogens is 1. The first-order valence-corrected chi connectivity index (χ1v) is 8.92. The summed E-state index contributed by atoms with van der Waals surface area (Å²) in [6, 6.07) is 8.46. The van der Waals surface area contributed by atoms with E-state index < -0.39 is 17.5 Å². The van der Waals surface area contributed by atoms with Crippen molar-refractivity contribution in [1.29, 1.82) is 0 Å². The van der Waals surface area contributed by atoms with Crippen LogP contribution in [-0.4, -0.2) is 41.8 Å². The number of methoxy groups -OCH3 is 1. The molecule has 0 spiro atoms. The van der Waals surface area contributed by atoms with Crippen LogP contribution >= 0.6 is 0 Å². The molecule has 1 heterocycles. The Morgan fingerprint density at radius 1 is 1.24 bits per heavy atom. The number of hydrogen-bond donors (Lipinski definition) is 3. The summed E-state index contributed by atoms with van der Waals surface area (Å²) in [6.45, 7) is 4.17. The van der Waals surface area contributed by atoms with Crippen molar-refractivity contribution in [2.75, 3.05) is 19.0 Å². The summed E-state index contributed by atoms with van der Waals surface area (Å²) in [5, 5.41) is 14.0. The predicted molar refractivity (Wildman–Crippen MR) is 107 cm³/mol. The van der Waals surface area contributed by atoms with Gasteiger partial charge in [0.25, 0.3) is 5.91 Å². The monoisotopic (exact) mass is 401 g/mol. The van der Waals surface area contributed by atoms with Gasteiger partial charge in [0.05, 0.1) is 12.1 Å². The lowest BCUT2D eigenvalue weighted by atomic mass is 10.2. The fourth-order valence-corrected chi connectivity index (χ4v) is 2.76. The highest BCUT2D eigenvalue weighted by atomic mass is 19.2. The number of aliphatic imine (C=N–C) groups is 1. The molecule has 2 aromatic carbocycles. The van der Waals surface area contributed by atoms with Crippen LogP contribution in [-0.2, 0) is 4.74 Å². The lowest BCUT2D eigenvalue weighted by molar-refractivity contribution is 0.100. The summed E-state index contributed by atoms with van der Waals surface area (Å²) in [6.07, 6.45) is 0. The normalized spacial score (nSPS) is 12.8. The molecule has 0 aliphatic rings. The van der Waals surface area contributed by atoms with E-state index in [9.17, 15) is 13.6 Å². The van der Waals surface area contributed by atoms with Crippen LogP contribution in [0, 0.1) is 18.6 Å². The Hall–Kier alpha value is -3.33. The second-order valence-corrected chi connectivity index (χ2v) is 6.64. The highest BCUT2D eigenvalue weighted by molar-refractivity contribution is 6.08. The van der Waals surface area contributed by atoms with E-state index in [2.05, 4.69) is 25.8 Å². The van der Waals surface area contributed by atoms with E-state index in [1.54, 1.807) is 7.11 Å². The number of hydrogen-bond acceptors (Lipinski definition) is 3. The molecule has 1 aromatic heterocycles. The summed E-state index contributed by atoms with van der Waals surface area (Å²) in [5.41, 5.74) is 1.82. The topological polar surface area (TPSA) is 91.4 Å². The largest absolute Gasteiger partial charge is 0.383 e. The molecule has 1 amide bonds. The molecule has 3 aromatic rings. The number of rotatable bonds is 5. The third kappa shape index (κ3) is 4.94. The fraction of sp³-hybridized carbons (Fsp3) is 0.250. The molecule has 0 saturated heterocycles. The molecule has 0 saturated carbocycles. The maximum absolute atomic E-state index is 13.5. The van der Waals surface area contributed by atoms with E-state index in [0.717, 1.165) is 28.6 Å². The zero-order valence-electron chi connectivity index (χ0n) is 16.2. The van der Waals surface area contributed by atoms with E-state index in [0.29, 0.717) is 12.4 Å². The number of carbonyl (C=O) groups is 1. The Bertz CT molecular complexity index is 1060. The van der Waals surface area contributed by atoms with Crippen molar-refractivity contribution < 1.29 is 18.3 Å². The average Bonchev–Trinajstić information content (AvgIpc) is 3.05. The van der Waals surface area contributed by atoms with Crippen molar-refractivity contribution in [1.82, 2.24) is 15.5 Å². The van der Waals surface area contributed by atoms with Crippen LogP contribution < -0.4 is 10.6 Å². The molecule has 3 rings (SSSR count). The second-order valence-electron chi connectivity index (χ2n) is 6.64. The minimum atomic E-state index is -1.12. The minimum absolute atomic E-state index is 0.0769. The van der Waals surface area contributed by atoms with Crippen molar-refractivity contribution >= 4 is 28.6 Å². The second kappa shape index (κ2) is 8.78. The molecule has 3 N–H and O–H groups in total. The van der Waals surface area contributed by atoms with Gasteiger partial charge in [-0.05, 0) is 49.7 Å². The number of fused-ring (bicyclic) bond motifs is 1. The van der Waals surface area contributed by atoms with Crippen molar-refractivity contribution in [3.63, 3.8) is 0 Å². The predicted octanol–water partition coefficient (Wildman–Crippen LogP) is 3.38. The molecular weight excluding hydrogens is 380 g/mol. The van der Waals surface area contributed by atoms with Crippen LogP contribution in [0.1, 0.15) is 22.8 Å². The van der Waals surface area contributed by atoms with Crippen LogP contribution in [0.2, 0.25) is 0 Å². The molecule has 7 nitrogen and oxygen atoms in total. The number of aromatic nitrogens is 2. The van der Waals surface area contributed by atoms with Gasteiger partial charge < -0.3 is 15.4 Å². The lowest BCUT2D eigenvalue weighted by Crippen LogP contribution is -2.40. The van der Waals surface area contributed by atoms with Crippen molar-refractivity contribution in [2.24, 2.45) is 4.99 Å². The van der Waals surface area contributed by atoms with E-state index in [-0.39, 0.29) is 17.6 Å². The quantitative estimate of drug-likeness (QED) is 0.450. The van der Waals surface area contributed by atoms with Gasteiger partial charge in [-0.15, -0.1) is 0 Å². The van der Waals surface area contributed by atoms with Gasteiger partial charge in [0.1, 0.15) is 0 Å². The molecule has 152 valence electrons. The Labute approximate surface area is 166 Å². The van der Waals surface area contributed by atoms with Gasteiger partial charge in [-0.2, -0.15) is 10.1 Å². The SMILES string of the molecule is COC[C@H](C)N/C(=N/C(=O)c1ccc(F)c(F)c1)Nc1n[nH]c2cc(C)ccc12. The number of aromatic amines is 1. The first kappa shape index (κ1) is 20.4. The van der Waals surface area contributed by atoms with Gasteiger partial charge in [0.15, 0.2) is 17.5 Å². The van der Waals surface area contributed by atoms with Crippen LogP contribution in [0.15, 0.2) is 41.4 Å². The van der Waals surface area contributed by atoms with Gasteiger partial charge in [-0.1, -0.05) is 6.07 Å². The van der Waals surface area contributed by atoms with E-state index >= 15 is 0 Å². The molecule has 0 fully saturated rings. The zero-order valence-corrected chi connectivity index (χ0v) is 16.2. The Balaban J connectivity index is 1.91. The molecule has 0 unspecified atom stereocenters. The van der Waals surface area contributed by atoms with Crippen LogP contribution in [0.5, 0.6) is 0 Å².